The first-order chi connectivity index (χ1) is 7.65. The third kappa shape index (κ3) is 3.51. The minimum atomic E-state index is -0.363. The third-order valence-electron chi connectivity index (χ3n) is 1.98. The molecule has 0 aromatic carbocycles. The largest absolute Gasteiger partial charge is 0.346 e. The van der Waals surface area contributed by atoms with Crippen molar-refractivity contribution in [3.63, 3.8) is 0 Å². The molecule has 0 saturated carbocycles. The van der Waals surface area contributed by atoms with Crippen molar-refractivity contribution in [3.8, 4) is 0 Å². The number of likely N-dealkylation sites (N-methyl/N-ethyl adjacent to an activating group) is 1. The van der Waals surface area contributed by atoms with Crippen LogP contribution in [0.4, 0.5) is 5.69 Å². The second-order valence-corrected chi connectivity index (χ2v) is 3.34. The molecule has 1 aromatic rings. The molecule has 0 unspecified atom stereocenters. The molecule has 0 saturated heterocycles. The topological polar surface area (TPSA) is 62.3 Å². The van der Waals surface area contributed by atoms with E-state index in [4.69, 9.17) is 11.6 Å². The molecule has 0 aliphatic carbocycles. The first-order valence-electron chi connectivity index (χ1n) is 4.64. The number of anilines is 1. The number of rotatable bonds is 4. The molecule has 1 heterocycles. The zero-order valence-electron chi connectivity index (χ0n) is 8.81. The molecule has 0 aliphatic rings. The van der Waals surface area contributed by atoms with Crippen LogP contribution in [0.25, 0.3) is 0 Å². The normalized spacial score (nSPS) is 9.62. The van der Waals surface area contributed by atoms with Crippen LogP contribution in [0.2, 0.25) is 0 Å². The van der Waals surface area contributed by atoms with Crippen molar-refractivity contribution < 1.29 is 9.59 Å². The van der Waals surface area contributed by atoms with E-state index in [1.807, 2.05) is 0 Å². The highest BCUT2D eigenvalue weighted by atomic mass is 35.5. The van der Waals surface area contributed by atoms with Crippen LogP contribution in [0, 0.1) is 0 Å². The molecule has 0 radical (unpaired) electrons. The van der Waals surface area contributed by atoms with Crippen molar-refractivity contribution >= 4 is 29.1 Å². The van der Waals surface area contributed by atoms with Crippen LogP contribution in [0.3, 0.4) is 0 Å². The summed E-state index contributed by atoms with van der Waals surface area (Å²) >= 11 is 5.29. The summed E-state index contributed by atoms with van der Waals surface area (Å²) in [4.78, 5) is 27.8. The number of carbonyl (C=O) groups is 2. The zero-order valence-corrected chi connectivity index (χ0v) is 9.57. The Morgan fingerprint density at radius 1 is 1.44 bits per heavy atom. The molecule has 0 fully saturated rings. The van der Waals surface area contributed by atoms with E-state index in [9.17, 15) is 9.59 Å². The Balaban J connectivity index is 2.52. The number of halogens is 1. The van der Waals surface area contributed by atoms with E-state index in [1.54, 1.807) is 31.6 Å². The van der Waals surface area contributed by atoms with E-state index in [-0.39, 0.29) is 24.2 Å². The maximum atomic E-state index is 11.6. The quantitative estimate of drug-likeness (QED) is 0.777. The molecule has 16 heavy (non-hydrogen) atoms. The van der Waals surface area contributed by atoms with E-state index >= 15 is 0 Å². The van der Waals surface area contributed by atoms with Crippen molar-refractivity contribution in [1.29, 1.82) is 0 Å². The lowest BCUT2D eigenvalue weighted by Gasteiger charge is -2.16. The SMILES string of the molecule is CN(C(=O)CNC(=O)CCl)c1ccncc1. The summed E-state index contributed by atoms with van der Waals surface area (Å²) in [6.07, 6.45) is 3.19. The summed E-state index contributed by atoms with van der Waals surface area (Å²) < 4.78 is 0. The van der Waals surface area contributed by atoms with Gasteiger partial charge in [-0.25, -0.2) is 0 Å². The molecule has 6 heteroatoms. The Morgan fingerprint density at radius 2 is 2.06 bits per heavy atom. The van der Waals surface area contributed by atoms with Gasteiger partial charge in [0.2, 0.25) is 11.8 Å². The van der Waals surface area contributed by atoms with Crippen LogP contribution in [0.1, 0.15) is 0 Å². The number of carbonyl (C=O) groups excluding carboxylic acids is 2. The summed E-state index contributed by atoms with van der Waals surface area (Å²) in [5.41, 5.74) is 0.722. The van der Waals surface area contributed by atoms with Gasteiger partial charge in [0.05, 0.1) is 6.54 Å². The van der Waals surface area contributed by atoms with Gasteiger partial charge in [0.15, 0.2) is 0 Å². The molecule has 1 aromatic heterocycles. The summed E-state index contributed by atoms with van der Waals surface area (Å²) in [7, 11) is 1.63. The number of pyridine rings is 1. The monoisotopic (exact) mass is 241 g/mol. The maximum absolute atomic E-state index is 11.6. The van der Waals surface area contributed by atoms with Crippen molar-refractivity contribution in [2.45, 2.75) is 0 Å². The van der Waals surface area contributed by atoms with Crippen molar-refractivity contribution in [2.75, 3.05) is 24.4 Å². The fraction of sp³-hybridized carbons (Fsp3) is 0.300. The summed E-state index contributed by atoms with van der Waals surface area (Å²) in [6.45, 7) is -0.0651. The Labute approximate surface area is 98.4 Å². The van der Waals surface area contributed by atoms with Crippen LogP contribution in [0.15, 0.2) is 24.5 Å². The molecule has 2 amide bonds. The van der Waals surface area contributed by atoms with Gasteiger partial charge in [-0.2, -0.15) is 0 Å². The van der Waals surface area contributed by atoms with Crippen molar-refractivity contribution in [2.24, 2.45) is 0 Å². The Morgan fingerprint density at radius 3 is 2.62 bits per heavy atom. The summed E-state index contributed by atoms with van der Waals surface area (Å²) in [5.74, 6) is -0.727. The van der Waals surface area contributed by atoms with E-state index in [0.29, 0.717) is 0 Å². The molecule has 1 N–H and O–H groups in total. The molecule has 1 rings (SSSR count). The lowest BCUT2D eigenvalue weighted by atomic mass is 10.3. The third-order valence-corrected chi connectivity index (χ3v) is 2.23. The Hall–Kier alpha value is -1.62. The van der Waals surface area contributed by atoms with E-state index in [1.165, 1.54) is 4.90 Å². The second kappa shape index (κ2) is 6.07. The molecular formula is C10H12ClN3O2. The van der Waals surface area contributed by atoms with E-state index in [0.717, 1.165) is 5.69 Å². The average Bonchev–Trinajstić information content (AvgIpc) is 2.35. The number of nitrogens with one attached hydrogen (secondary N) is 1. The molecule has 0 bridgehead atoms. The summed E-state index contributed by atoms with van der Waals surface area (Å²) in [5, 5.41) is 2.41. The molecule has 0 spiro atoms. The van der Waals surface area contributed by atoms with Gasteiger partial charge in [-0.15, -0.1) is 11.6 Å². The van der Waals surface area contributed by atoms with Gasteiger partial charge in [0.25, 0.3) is 0 Å². The van der Waals surface area contributed by atoms with Crippen LogP contribution >= 0.6 is 11.6 Å². The molecule has 5 nitrogen and oxygen atoms in total. The lowest BCUT2D eigenvalue weighted by molar-refractivity contribution is -0.123. The number of amides is 2. The highest BCUT2D eigenvalue weighted by Crippen LogP contribution is 2.09. The fourth-order valence-corrected chi connectivity index (χ4v) is 1.15. The highest BCUT2D eigenvalue weighted by Gasteiger charge is 2.11. The van der Waals surface area contributed by atoms with E-state index < -0.39 is 0 Å². The van der Waals surface area contributed by atoms with Crippen molar-refractivity contribution in [1.82, 2.24) is 10.3 Å². The molecule has 0 aliphatic heterocycles. The standard InChI is InChI=1S/C10H12ClN3O2/c1-14(8-2-4-12-5-3-8)10(16)7-13-9(15)6-11/h2-5H,6-7H2,1H3,(H,13,15). The van der Waals surface area contributed by atoms with Gasteiger partial charge in [-0.05, 0) is 12.1 Å². The fourth-order valence-electron chi connectivity index (χ4n) is 1.05. The van der Waals surface area contributed by atoms with Crippen LogP contribution in [-0.2, 0) is 9.59 Å². The number of alkyl halides is 1. The van der Waals surface area contributed by atoms with Crippen LogP contribution in [-0.4, -0.2) is 36.3 Å². The average molecular weight is 242 g/mol. The lowest BCUT2D eigenvalue weighted by Crippen LogP contribution is -2.38. The second-order valence-electron chi connectivity index (χ2n) is 3.07. The number of nitrogens with zero attached hydrogens (tertiary/aromatic N) is 2. The zero-order chi connectivity index (χ0) is 12.0. The molecule has 86 valence electrons. The number of hydrogen-bond acceptors (Lipinski definition) is 3. The Bertz CT molecular complexity index is 370. The van der Waals surface area contributed by atoms with Crippen LogP contribution < -0.4 is 10.2 Å². The highest BCUT2D eigenvalue weighted by molar-refractivity contribution is 6.27. The molecule has 0 atom stereocenters. The van der Waals surface area contributed by atoms with Gasteiger partial charge in [0, 0.05) is 25.1 Å². The van der Waals surface area contributed by atoms with Crippen LogP contribution in [0.5, 0.6) is 0 Å². The number of hydrogen-bond donors (Lipinski definition) is 1. The first-order valence-corrected chi connectivity index (χ1v) is 5.18. The molecular weight excluding hydrogens is 230 g/mol. The minimum Gasteiger partial charge on any atom is -0.346 e. The van der Waals surface area contributed by atoms with Gasteiger partial charge in [0.1, 0.15) is 5.88 Å². The first kappa shape index (κ1) is 12.4. The maximum Gasteiger partial charge on any atom is 0.246 e. The predicted molar refractivity (Wildman–Crippen MR) is 61.4 cm³/mol. The Kier molecular flexibility index (Phi) is 4.72. The van der Waals surface area contributed by atoms with E-state index in [2.05, 4.69) is 10.3 Å². The predicted octanol–water partition coefficient (Wildman–Crippen LogP) is 0.399. The van der Waals surface area contributed by atoms with Crippen molar-refractivity contribution in [3.05, 3.63) is 24.5 Å². The smallest absolute Gasteiger partial charge is 0.246 e. The van der Waals surface area contributed by atoms with Gasteiger partial charge < -0.3 is 10.2 Å². The summed E-state index contributed by atoms with van der Waals surface area (Å²) in [6, 6.07) is 3.42. The minimum absolute atomic E-state index is 0.0651. The van der Waals surface area contributed by atoms with Gasteiger partial charge in [-0.1, -0.05) is 0 Å². The van der Waals surface area contributed by atoms with Gasteiger partial charge >= 0.3 is 0 Å². The number of aromatic nitrogens is 1. The van der Waals surface area contributed by atoms with Gasteiger partial charge in [-0.3, -0.25) is 14.6 Å².